The fraction of sp³-hybridized carbons (Fsp3) is 0.583. The number of rotatable bonds is 3. The SMILES string of the molecule is CCC1(C(=O)c2ccc(Br)s2)CCCC1. The minimum atomic E-state index is -0.0374. The quantitative estimate of drug-likeness (QED) is 0.739. The summed E-state index contributed by atoms with van der Waals surface area (Å²) in [6.45, 7) is 2.14. The molecule has 0 aliphatic heterocycles. The highest BCUT2D eigenvalue weighted by Gasteiger charge is 2.40. The van der Waals surface area contributed by atoms with Gasteiger partial charge in [0.1, 0.15) is 0 Å². The molecule has 15 heavy (non-hydrogen) atoms. The summed E-state index contributed by atoms with van der Waals surface area (Å²) in [5.41, 5.74) is -0.0374. The summed E-state index contributed by atoms with van der Waals surface area (Å²) in [5, 5.41) is 0. The molecule has 0 unspecified atom stereocenters. The lowest BCUT2D eigenvalue weighted by Crippen LogP contribution is -2.26. The van der Waals surface area contributed by atoms with Crippen molar-refractivity contribution in [2.45, 2.75) is 39.0 Å². The zero-order valence-electron chi connectivity index (χ0n) is 8.88. The number of carbonyl (C=O) groups excluding carboxylic acids is 1. The highest BCUT2D eigenvalue weighted by atomic mass is 79.9. The number of thiophene rings is 1. The first-order valence-electron chi connectivity index (χ1n) is 5.48. The molecule has 0 spiro atoms. The van der Waals surface area contributed by atoms with Crippen LogP contribution >= 0.6 is 27.3 Å². The van der Waals surface area contributed by atoms with Crippen LogP contribution in [0.15, 0.2) is 15.9 Å². The molecule has 1 nitrogen and oxygen atoms in total. The predicted octanol–water partition coefficient (Wildman–Crippen LogP) is 4.66. The summed E-state index contributed by atoms with van der Waals surface area (Å²) >= 11 is 4.98. The van der Waals surface area contributed by atoms with Crippen molar-refractivity contribution in [2.75, 3.05) is 0 Å². The lowest BCUT2D eigenvalue weighted by atomic mass is 9.78. The molecule has 1 saturated carbocycles. The van der Waals surface area contributed by atoms with E-state index in [2.05, 4.69) is 22.9 Å². The summed E-state index contributed by atoms with van der Waals surface area (Å²) in [6.07, 6.45) is 5.58. The van der Waals surface area contributed by atoms with E-state index < -0.39 is 0 Å². The van der Waals surface area contributed by atoms with Crippen LogP contribution in [0.5, 0.6) is 0 Å². The first-order valence-corrected chi connectivity index (χ1v) is 7.09. The van der Waals surface area contributed by atoms with E-state index in [1.54, 1.807) is 11.3 Å². The average molecular weight is 287 g/mol. The molecule has 1 aromatic heterocycles. The van der Waals surface area contributed by atoms with E-state index in [0.717, 1.165) is 27.9 Å². The molecular weight excluding hydrogens is 272 g/mol. The Bertz CT molecular complexity index is 363. The number of ketones is 1. The van der Waals surface area contributed by atoms with Crippen LogP contribution in [0.3, 0.4) is 0 Å². The molecule has 1 aromatic rings. The molecule has 3 heteroatoms. The Morgan fingerprint density at radius 2 is 2.13 bits per heavy atom. The van der Waals surface area contributed by atoms with E-state index in [-0.39, 0.29) is 5.41 Å². The number of Topliss-reactive ketones (excluding diaryl/α,β-unsaturated/α-hetero) is 1. The van der Waals surface area contributed by atoms with Crippen LogP contribution in [-0.4, -0.2) is 5.78 Å². The fourth-order valence-corrected chi connectivity index (χ4v) is 3.94. The van der Waals surface area contributed by atoms with Gasteiger partial charge in [-0.15, -0.1) is 11.3 Å². The topological polar surface area (TPSA) is 17.1 Å². The van der Waals surface area contributed by atoms with Crippen LogP contribution in [0.1, 0.15) is 48.7 Å². The molecule has 1 aliphatic rings. The Morgan fingerprint density at radius 3 is 2.60 bits per heavy atom. The van der Waals surface area contributed by atoms with E-state index in [4.69, 9.17) is 0 Å². The molecule has 0 N–H and O–H groups in total. The van der Waals surface area contributed by atoms with Crippen molar-refractivity contribution in [3.8, 4) is 0 Å². The van der Waals surface area contributed by atoms with Gasteiger partial charge in [-0.1, -0.05) is 19.8 Å². The molecule has 0 atom stereocenters. The van der Waals surface area contributed by atoms with Gasteiger partial charge in [-0.25, -0.2) is 0 Å². The Balaban J connectivity index is 2.26. The minimum absolute atomic E-state index is 0.0374. The van der Waals surface area contributed by atoms with Crippen LogP contribution in [0.2, 0.25) is 0 Å². The highest BCUT2D eigenvalue weighted by Crippen LogP contribution is 2.44. The monoisotopic (exact) mass is 286 g/mol. The normalized spacial score (nSPS) is 19.3. The first-order chi connectivity index (χ1) is 7.18. The van der Waals surface area contributed by atoms with Gasteiger partial charge in [0, 0.05) is 5.41 Å². The lowest BCUT2D eigenvalue weighted by Gasteiger charge is -2.24. The molecule has 0 aromatic carbocycles. The van der Waals surface area contributed by atoms with Crippen LogP contribution < -0.4 is 0 Å². The zero-order chi connectivity index (χ0) is 10.9. The predicted molar refractivity (Wildman–Crippen MR) is 67.5 cm³/mol. The van der Waals surface area contributed by atoms with Gasteiger partial charge in [0.05, 0.1) is 8.66 Å². The molecule has 0 amide bonds. The van der Waals surface area contributed by atoms with Crippen molar-refractivity contribution in [3.05, 3.63) is 20.8 Å². The van der Waals surface area contributed by atoms with Crippen LogP contribution in [0, 0.1) is 5.41 Å². The minimum Gasteiger partial charge on any atom is -0.293 e. The average Bonchev–Trinajstić information content (AvgIpc) is 2.86. The number of hydrogen-bond donors (Lipinski definition) is 0. The number of hydrogen-bond acceptors (Lipinski definition) is 2. The largest absolute Gasteiger partial charge is 0.293 e. The fourth-order valence-electron chi connectivity index (χ4n) is 2.49. The smallest absolute Gasteiger partial charge is 0.178 e. The van der Waals surface area contributed by atoms with Gasteiger partial charge in [0.2, 0.25) is 0 Å². The maximum Gasteiger partial charge on any atom is 0.178 e. The van der Waals surface area contributed by atoms with E-state index in [1.807, 2.05) is 12.1 Å². The van der Waals surface area contributed by atoms with Crippen molar-refractivity contribution in [2.24, 2.45) is 5.41 Å². The van der Waals surface area contributed by atoms with Crippen LogP contribution in [0.25, 0.3) is 0 Å². The summed E-state index contributed by atoms with van der Waals surface area (Å²) in [5.74, 6) is 0.373. The molecule has 82 valence electrons. The summed E-state index contributed by atoms with van der Waals surface area (Å²) in [7, 11) is 0. The van der Waals surface area contributed by atoms with Crippen molar-refractivity contribution in [1.82, 2.24) is 0 Å². The molecule has 1 aliphatic carbocycles. The summed E-state index contributed by atoms with van der Waals surface area (Å²) in [4.78, 5) is 13.3. The second-order valence-electron chi connectivity index (χ2n) is 4.27. The standard InChI is InChI=1S/C12H15BrOS/c1-2-12(7-3-4-8-12)11(14)9-5-6-10(13)15-9/h5-6H,2-4,7-8H2,1H3. The second kappa shape index (κ2) is 4.38. The van der Waals surface area contributed by atoms with Crippen LogP contribution in [-0.2, 0) is 0 Å². The molecule has 0 radical (unpaired) electrons. The van der Waals surface area contributed by atoms with Gasteiger partial charge in [-0.2, -0.15) is 0 Å². The summed E-state index contributed by atoms with van der Waals surface area (Å²) < 4.78 is 1.05. The van der Waals surface area contributed by atoms with Gasteiger partial charge >= 0.3 is 0 Å². The Morgan fingerprint density at radius 1 is 1.47 bits per heavy atom. The third kappa shape index (κ3) is 2.04. The molecular formula is C12H15BrOS. The van der Waals surface area contributed by atoms with Crippen molar-refractivity contribution >= 4 is 33.0 Å². The number of carbonyl (C=O) groups is 1. The van der Waals surface area contributed by atoms with Crippen molar-refractivity contribution in [1.29, 1.82) is 0 Å². The van der Waals surface area contributed by atoms with E-state index in [1.165, 1.54) is 12.8 Å². The molecule has 1 fully saturated rings. The molecule has 0 bridgehead atoms. The van der Waals surface area contributed by atoms with Crippen molar-refractivity contribution < 1.29 is 4.79 Å². The maximum atomic E-state index is 12.4. The van der Waals surface area contributed by atoms with Gasteiger partial charge in [-0.05, 0) is 47.3 Å². The Hall–Kier alpha value is -0.150. The van der Waals surface area contributed by atoms with Gasteiger partial charge in [0.25, 0.3) is 0 Å². The third-order valence-electron chi connectivity index (χ3n) is 3.52. The highest BCUT2D eigenvalue weighted by molar-refractivity contribution is 9.11. The molecule has 2 rings (SSSR count). The van der Waals surface area contributed by atoms with E-state index in [9.17, 15) is 4.79 Å². The third-order valence-corrected chi connectivity index (χ3v) is 5.14. The lowest BCUT2D eigenvalue weighted by molar-refractivity contribution is 0.0796. The summed E-state index contributed by atoms with van der Waals surface area (Å²) in [6, 6.07) is 3.92. The van der Waals surface area contributed by atoms with Crippen LogP contribution in [0.4, 0.5) is 0 Å². The number of halogens is 1. The molecule has 1 heterocycles. The molecule has 0 saturated heterocycles. The zero-order valence-corrected chi connectivity index (χ0v) is 11.3. The van der Waals surface area contributed by atoms with Gasteiger partial charge in [-0.3, -0.25) is 4.79 Å². The van der Waals surface area contributed by atoms with Crippen molar-refractivity contribution in [3.63, 3.8) is 0 Å². The maximum absolute atomic E-state index is 12.4. The van der Waals surface area contributed by atoms with E-state index >= 15 is 0 Å². The van der Waals surface area contributed by atoms with E-state index in [0.29, 0.717) is 5.78 Å². The van der Waals surface area contributed by atoms with Gasteiger partial charge < -0.3 is 0 Å². The van der Waals surface area contributed by atoms with Gasteiger partial charge in [0.15, 0.2) is 5.78 Å². The Labute approximate surface area is 103 Å². The second-order valence-corrected chi connectivity index (χ2v) is 6.74. The first kappa shape index (κ1) is 11.3. The Kier molecular flexibility index (Phi) is 3.31.